The van der Waals surface area contributed by atoms with Gasteiger partial charge < -0.3 is 10.4 Å². The Morgan fingerprint density at radius 1 is 1.64 bits per heavy atom. The Morgan fingerprint density at radius 3 is 3.14 bits per heavy atom. The molecule has 2 rings (SSSR count). The Bertz CT molecular complexity index is 376. The van der Waals surface area contributed by atoms with Gasteiger partial charge in [0.1, 0.15) is 5.69 Å². The molecule has 1 aromatic heterocycles. The van der Waals surface area contributed by atoms with Gasteiger partial charge in [-0.1, -0.05) is 6.92 Å². The van der Waals surface area contributed by atoms with Gasteiger partial charge in [0.05, 0.1) is 11.4 Å². The van der Waals surface area contributed by atoms with Crippen molar-refractivity contribution in [2.45, 2.75) is 19.3 Å². The molecule has 0 saturated heterocycles. The zero-order chi connectivity index (χ0) is 10.1. The van der Waals surface area contributed by atoms with Gasteiger partial charge >= 0.3 is 5.97 Å². The second-order valence-corrected chi connectivity index (χ2v) is 3.55. The highest BCUT2D eigenvalue weighted by Crippen LogP contribution is 2.29. The second kappa shape index (κ2) is 3.29. The molecule has 0 bridgehead atoms. The van der Waals surface area contributed by atoms with Crippen LogP contribution in [0, 0.1) is 0 Å². The zero-order valence-corrected chi connectivity index (χ0v) is 7.95. The number of carboxylic acid groups (broad SMARTS) is 1. The van der Waals surface area contributed by atoms with Gasteiger partial charge in [-0.2, -0.15) is 0 Å². The van der Waals surface area contributed by atoms with E-state index in [0.29, 0.717) is 5.92 Å². The zero-order valence-electron chi connectivity index (χ0n) is 7.95. The molecule has 0 saturated carbocycles. The second-order valence-electron chi connectivity index (χ2n) is 3.55. The molecule has 1 aliphatic rings. The lowest BCUT2D eigenvalue weighted by atomic mass is 9.98. The lowest BCUT2D eigenvalue weighted by Gasteiger charge is -2.22. The summed E-state index contributed by atoms with van der Waals surface area (Å²) in [5, 5.41) is 12.0. The molecule has 0 aromatic carbocycles. The molecule has 2 N–H and O–H groups in total. The summed E-state index contributed by atoms with van der Waals surface area (Å²) in [6.45, 7) is 3.00. The molecule has 0 unspecified atom stereocenters. The molecule has 0 amide bonds. The van der Waals surface area contributed by atoms with Crippen molar-refractivity contribution < 1.29 is 9.90 Å². The molecular weight excluding hydrogens is 180 g/mol. The van der Waals surface area contributed by atoms with E-state index >= 15 is 0 Å². The summed E-state index contributed by atoms with van der Waals surface area (Å²) >= 11 is 0. The standard InChI is InChI=1S/C10H12N2O2/c1-6-4-5-11-7-2-3-8(10(13)14)12-9(6)7/h2-3,6,11H,4-5H2,1H3,(H,13,14)/t6-/m0/s1. The molecule has 1 atom stereocenters. The number of anilines is 1. The molecule has 0 fully saturated rings. The predicted octanol–water partition coefficient (Wildman–Crippen LogP) is 1.70. The first-order valence-electron chi connectivity index (χ1n) is 4.66. The number of rotatable bonds is 1. The summed E-state index contributed by atoms with van der Waals surface area (Å²) in [5.74, 6) is -0.629. The van der Waals surface area contributed by atoms with Crippen molar-refractivity contribution in [3.05, 3.63) is 23.5 Å². The van der Waals surface area contributed by atoms with E-state index in [2.05, 4.69) is 17.2 Å². The third-order valence-electron chi connectivity index (χ3n) is 2.50. The van der Waals surface area contributed by atoms with E-state index in [1.165, 1.54) is 6.07 Å². The minimum Gasteiger partial charge on any atom is -0.477 e. The molecular formula is C10H12N2O2. The predicted molar refractivity (Wildman–Crippen MR) is 52.7 cm³/mol. The van der Waals surface area contributed by atoms with Crippen LogP contribution in [0.1, 0.15) is 35.4 Å². The smallest absolute Gasteiger partial charge is 0.354 e. The molecule has 4 nitrogen and oxygen atoms in total. The van der Waals surface area contributed by atoms with Crippen LogP contribution in [0.4, 0.5) is 5.69 Å². The van der Waals surface area contributed by atoms with Crippen LogP contribution in [0.15, 0.2) is 12.1 Å². The largest absolute Gasteiger partial charge is 0.477 e. The number of nitrogens with zero attached hydrogens (tertiary/aromatic N) is 1. The number of nitrogens with one attached hydrogen (secondary N) is 1. The first-order chi connectivity index (χ1) is 6.68. The van der Waals surface area contributed by atoms with E-state index in [4.69, 9.17) is 5.11 Å². The number of carbonyl (C=O) groups is 1. The molecule has 74 valence electrons. The summed E-state index contributed by atoms with van der Waals surface area (Å²) in [4.78, 5) is 14.8. The summed E-state index contributed by atoms with van der Waals surface area (Å²) in [7, 11) is 0. The highest BCUT2D eigenvalue weighted by molar-refractivity contribution is 5.85. The topological polar surface area (TPSA) is 62.2 Å². The van der Waals surface area contributed by atoms with Gasteiger partial charge in [-0.3, -0.25) is 0 Å². The third kappa shape index (κ3) is 1.43. The number of carboxylic acids is 1. The molecule has 0 radical (unpaired) electrons. The van der Waals surface area contributed by atoms with Crippen LogP contribution in [-0.4, -0.2) is 22.6 Å². The first kappa shape index (κ1) is 8.99. The van der Waals surface area contributed by atoms with Crippen LogP contribution in [0.2, 0.25) is 0 Å². The summed E-state index contributed by atoms with van der Waals surface area (Å²) < 4.78 is 0. The number of hydrogen-bond donors (Lipinski definition) is 2. The fourth-order valence-electron chi connectivity index (χ4n) is 1.68. The monoisotopic (exact) mass is 192 g/mol. The Balaban J connectivity index is 2.45. The van der Waals surface area contributed by atoms with Crippen molar-refractivity contribution in [2.24, 2.45) is 0 Å². The van der Waals surface area contributed by atoms with Gasteiger partial charge in [0.15, 0.2) is 0 Å². The molecule has 1 aliphatic heterocycles. The maximum absolute atomic E-state index is 10.7. The van der Waals surface area contributed by atoms with Crippen molar-refractivity contribution >= 4 is 11.7 Å². The Hall–Kier alpha value is -1.58. The quantitative estimate of drug-likeness (QED) is 0.710. The Morgan fingerprint density at radius 2 is 2.43 bits per heavy atom. The number of aromatic carboxylic acids is 1. The molecule has 14 heavy (non-hydrogen) atoms. The Kier molecular flexibility index (Phi) is 2.11. The van der Waals surface area contributed by atoms with Gasteiger partial charge in [0.2, 0.25) is 0 Å². The lowest BCUT2D eigenvalue weighted by Crippen LogP contribution is -2.17. The van der Waals surface area contributed by atoms with E-state index in [-0.39, 0.29) is 5.69 Å². The fraction of sp³-hybridized carbons (Fsp3) is 0.400. The number of pyridine rings is 1. The van der Waals surface area contributed by atoms with Crippen molar-refractivity contribution in [2.75, 3.05) is 11.9 Å². The maximum atomic E-state index is 10.7. The summed E-state index contributed by atoms with van der Waals surface area (Å²) in [6, 6.07) is 3.33. The highest BCUT2D eigenvalue weighted by Gasteiger charge is 2.19. The van der Waals surface area contributed by atoms with E-state index in [1.54, 1.807) is 6.07 Å². The highest BCUT2D eigenvalue weighted by atomic mass is 16.4. The van der Waals surface area contributed by atoms with Crippen molar-refractivity contribution in [3.8, 4) is 0 Å². The van der Waals surface area contributed by atoms with Gasteiger partial charge in [-0.15, -0.1) is 0 Å². The molecule has 0 aliphatic carbocycles. The minimum absolute atomic E-state index is 0.124. The van der Waals surface area contributed by atoms with Crippen molar-refractivity contribution in [1.29, 1.82) is 0 Å². The number of hydrogen-bond acceptors (Lipinski definition) is 3. The van der Waals surface area contributed by atoms with Crippen molar-refractivity contribution in [1.82, 2.24) is 4.98 Å². The average molecular weight is 192 g/mol. The lowest BCUT2D eigenvalue weighted by molar-refractivity contribution is 0.0690. The van der Waals surface area contributed by atoms with E-state index < -0.39 is 5.97 Å². The molecule has 2 heterocycles. The number of aromatic nitrogens is 1. The summed E-state index contributed by atoms with van der Waals surface area (Å²) in [5.41, 5.74) is 1.96. The van der Waals surface area contributed by atoms with Crippen LogP contribution in [-0.2, 0) is 0 Å². The van der Waals surface area contributed by atoms with Gasteiger partial charge in [-0.05, 0) is 18.6 Å². The van der Waals surface area contributed by atoms with Crippen molar-refractivity contribution in [3.63, 3.8) is 0 Å². The first-order valence-corrected chi connectivity index (χ1v) is 4.66. The Labute approximate surface area is 82.0 Å². The molecule has 1 aromatic rings. The maximum Gasteiger partial charge on any atom is 0.354 e. The van der Waals surface area contributed by atoms with Gasteiger partial charge in [0, 0.05) is 12.5 Å². The third-order valence-corrected chi connectivity index (χ3v) is 2.50. The van der Waals surface area contributed by atoms with E-state index in [0.717, 1.165) is 24.3 Å². The summed E-state index contributed by atoms with van der Waals surface area (Å²) in [6.07, 6.45) is 1.00. The van der Waals surface area contributed by atoms with Gasteiger partial charge in [-0.25, -0.2) is 9.78 Å². The van der Waals surface area contributed by atoms with Crippen LogP contribution in [0.3, 0.4) is 0 Å². The average Bonchev–Trinajstić information content (AvgIpc) is 2.18. The van der Waals surface area contributed by atoms with Crippen LogP contribution in [0.5, 0.6) is 0 Å². The SMILES string of the molecule is C[C@H]1CCNc2ccc(C(=O)O)nc21. The number of fused-ring (bicyclic) bond motifs is 1. The van der Waals surface area contributed by atoms with Crippen LogP contribution >= 0.6 is 0 Å². The molecule has 0 spiro atoms. The van der Waals surface area contributed by atoms with Crippen LogP contribution < -0.4 is 5.32 Å². The normalized spacial score (nSPS) is 19.6. The van der Waals surface area contributed by atoms with E-state index in [1.807, 2.05) is 0 Å². The molecule has 4 heteroatoms. The van der Waals surface area contributed by atoms with Crippen LogP contribution in [0.25, 0.3) is 0 Å². The fourth-order valence-corrected chi connectivity index (χ4v) is 1.68. The minimum atomic E-state index is -0.967. The van der Waals surface area contributed by atoms with E-state index in [9.17, 15) is 4.79 Å². The van der Waals surface area contributed by atoms with Gasteiger partial charge in [0.25, 0.3) is 0 Å².